The predicted molar refractivity (Wildman–Crippen MR) is 133 cm³/mol. The number of H-pyrrole nitrogens is 2. The molecule has 8 heteroatoms. The van der Waals surface area contributed by atoms with Crippen LogP contribution in [0.25, 0.3) is 55.6 Å². The highest BCUT2D eigenvalue weighted by atomic mass is 15.2. The van der Waals surface area contributed by atoms with Crippen LogP contribution in [0.3, 0.4) is 0 Å². The molecular weight excluding hydrogens is 424 g/mol. The Bertz CT molecular complexity index is 1610. The Kier molecular flexibility index (Phi) is 4.85. The summed E-state index contributed by atoms with van der Waals surface area (Å²) in [7, 11) is 4.10. The van der Waals surface area contributed by atoms with Crippen LogP contribution in [0.4, 0.5) is 0 Å². The third-order valence-corrected chi connectivity index (χ3v) is 5.82. The number of nitrogens with zero attached hydrogens (tertiary/aromatic N) is 6. The van der Waals surface area contributed by atoms with Gasteiger partial charge in [0.05, 0.1) is 23.1 Å². The lowest BCUT2D eigenvalue weighted by molar-refractivity contribution is 0.402. The van der Waals surface area contributed by atoms with Gasteiger partial charge in [0.2, 0.25) is 0 Å². The van der Waals surface area contributed by atoms with E-state index in [1.54, 1.807) is 6.20 Å². The molecule has 0 bridgehead atoms. The monoisotopic (exact) mass is 446 g/mol. The molecule has 0 spiro atoms. The molecule has 0 saturated heterocycles. The molecule has 0 aliphatic heterocycles. The van der Waals surface area contributed by atoms with Gasteiger partial charge in [-0.3, -0.25) is 20.1 Å². The molecule has 34 heavy (non-hydrogen) atoms. The summed E-state index contributed by atoms with van der Waals surface area (Å²) in [5.41, 5.74) is 8.65. The summed E-state index contributed by atoms with van der Waals surface area (Å²) in [4.78, 5) is 23.3. The third-order valence-electron chi connectivity index (χ3n) is 5.82. The molecule has 0 unspecified atom stereocenters. The molecule has 0 amide bonds. The zero-order valence-electron chi connectivity index (χ0n) is 18.8. The number of pyridine rings is 4. The Labute approximate surface area is 195 Å². The normalized spacial score (nSPS) is 11.6. The van der Waals surface area contributed by atoms with Crippen LogP contribution in [-0.4, -0.2) is 54.1 Å². The first-order valence-corrected chi connectivity index (χ1v) is 11.0. The Hall–Kier alpha value is -4.43. The molecule has 6 aromatic rings. The van der Waals surface area contributed by atoms with Crippen molar-refractivity contribution in [1.29, 1.82) is 0 Å². The lowest BCUT2D eigenvalue weighted by atomic mass is 10.0. The molecule has 166 valence electrons. The van der Waals surface area contributed by atoms with E-state index >= 15 is 0 Å². The molecule has 0 aliphatic carbocycles. The van der Waals surface area contributed by atoms with Crippen molar-refractivity contribution in [2.24, 2.45) is 0 Å². The van der Waals surface area contributed by atoms with E-state index in [4.69, 9.17) is 0 Å². The summed E-state index contributed by atoms with van der Waals surface area (Å²) in [5.74, 6) is 0. The van der Waals surface area contributed by atoms with Gasteiger partial charge in [-0.15, -0.1) is 0 Å². The van der Waals surface area contributed by atoms with Crippen molar-refractivity contribution >= 4 is 21.9 Å². The van der Waals surface area contributed by atoms with E-state index in [0.29, 0.717) is 5.65 Å². The molecule has 0 saturated carbocycles. The third kappa shape index (κ3) is 3.60. The van der Waals surface area contributed by atoms with Crippen molar-refractivity contribution in [3.8, 4) is 33.6 Å². The van der Waals surface area contributed by atoms with Crippen LogP contribution < -0.4 is 0 Å². The highest BCUT2D eigenvalue weighted by Gasteiger charge is 2.15. The predicted octanol–water partition coefficient (Wildman–Crippen LogP) is 4.69. The summed E-state index contributed by atoms with van der Waals surface area (Å²) in [6.07, 6.45) is 12.9. The maximum Gasteiger partial charge on any atom is 0.181 e. The maximum absolute atomic E-state index is 4.60. The quantitative estimate of drug-likeness (QED) is 0.399. The molecular formula is C26H22N8. The number of fused-ring (bicyclic) bond motifs is 2. The Morgan fingerprint density at radius 1 is 0.824 bits per heavy atom. The van der Waals surface area contributed by atoms with Crippen LogP contribution >= 0.6 is 0 Å². The van der Waals surface area contributed by atoms with Crippen molar-refractivity contribution in [2.75, 3.05) is 14.1 Å². The lowest BCUT2D eigenvalue weighted by Crippen LogP contribution is -2.10. The smallest absolute Gasteiger partial charge is 0.181 e. The highest BCUT2D eigenvalue weighted by Crippen LogP contribution is 2.34. The van der Waals surface area contributed by atoms with Crippen LogP contribution in [0, 0.1) is 0 Å². The summed E-state index contributed by atoms with van der Waals surface area (Å²) in [6, 6.07) is 10.4. The zero-order chi connectivity index (χ0) is 23.1. The Morgan fingerprint density at radius 2 is 1.68 bits per heavy atom. The van der Waals surface area contributed by atoms with Gasteiger partial charge in [-0.25, -0.2) is 4.98 Å². The second kappa shape index (κ2) is 8.17. The summed E-state index contributed by atoms with van der Waals surface area (Å²) >= 11 is 0. The van der Waals surface area contributed by atoms with Crippen molar-refractivity contribution in [2.45, 2.75) is 6.54 Å². The lowest BCUT2D eigenvalue weighted by Gasteiger charge is -2.10. The van der Waals surface area contributed by atoms with Gasteiger partial charge in [0.25, 0.3) is 0 Å². The minimum absolute atomic E-state index is 0.667. The molecule has 0 atom stereocenters. The van der Waals surface area contributed by atoms with E-state index in [-0.39, 0.29) is 0 Å². The van der Waals surface area contributed by atoms with Gasteiger partial charge < -0.3 is 9.88 Å². The highest BCUT2D eigenvalue weighted by molar-refractivity contribution is 6.00. The molecule has 6 heterocycles. The number of hydrogen-bond acceptors (Lipinski definition) is 6. The SMILES string of the molecule is CN(C)Cc1cncc(-c2cnc3n[nH]c(-c4cc5c(-c6cccnc6)cncc5[nH]4)c3c2)c1. The van der Waals surface area contributed by atoms with Crippen LogP contribution in [0.1, 0.15) is 5.56 Å². The molecule has 0 radical (unpaired) electrons. The number of nitrogens with one attached hydrogen (secondary N) is 2. The van der Waals surface area contributed by atoms with Crippen molar-refractivity contribution in [3.05, 3.63) is 79.3 Å². The van der Waals surface area contributed by atoms with E-state index < -0.39 is 0 Å². The number of hydrogen-bond donors (Lipinski definition) is 2. The van der Waals surface area contributed by atoms with Gasteiger partial charge in [-0.1, -0.05) is 6.07 Å². The average molecular weight is 447 g/mol. The van der Waals surface area contributed by atoms with Crippen LogP contribution in [0.5, 0.6) is 0 Å². The second-order valence-corrected chi connectivity index (χ2v) is 8.59. The topological polar surface area (TPSA) is 99.3 Å². The minimum atomic E-state index is 0.667. The second-order valence-electron chi connectivity index (χ2n) is 8.59. The van der Waals surface area contributed by atoms with Gasteiger partial charge in [0, 0.05) is 76.8 Å². The molecule has 0 aliphatic rings. The van der Waals surface area contributed by atoms with Crippen molar-refractivity contribution in [3.63, 3.8) is 0 Å². The summed E-state index contributed by atoms with van der Waals surface area (Å²) < 4.78 is 0. The van der Waals surface area contributed by atoms with Gasteiger partial charge in [-0.05, 0) is 43.9 Å². The van der Waals surface area contributed by atoms with Gasteiger partial charge in [0.1, 0.15) is 0 Å². The standard InChI is InChI=1S/C26H22N8/c1-34(2)15-16-6-18(11-28-9-16)19-7-21-25(32-33-26(21)30-12-19)23-8-20-22(13-29-14-24(20)31-23)17-4-3-5-27-10-17/h3-14,31H,15H2,1-2H3,(H,30,32,33). The summed E-state index contributed by atoms with van der Waals surface area (Å²) in [5, 5.41) is 9.62. The Balaban J connectivity index is 1.45. The Morgan fingerprint density at radius 3 is 2.53 bits per heavy atom. The molecule has 6 rings (SSSR count). The van der Waals surface area contributed by atoms with Crippen LogP contribution in [0.2, 0.25) is 0 Å². The van der Waals surface area contributed by atoms with E-state index in [2.05, 4.69) is 58.2 Å². The van der Waals surface area contributed by atoms with E-state index in [0.717, 1.165) is 62.0 Å². The van der Waals surface area contributed by atoms with Crippen LogP contribution in [0.15, 0.2) is 73.7 Å². The zero-order valence-corrected chi connectivity index (χ0v) is 18.8. The number of rotatable bonds is 5. The molecule has 0 aromatic carbocycles. The first-order valence-electron chi connectivity index (χ1n) is 11.0. The average Bonchev–Trinajstić information content (AvgIpc) is 3.48. The fraction of sp³-hybridized carbons (Fsp3) is 0.115. The van der Waals surface area contributed by atoms with E-state index in [1.807, 2.05) is 63.4 Å². The first kappa shape index (κ1) is 20.2. The first-order chi connectivity index (χ1) is 16.7. The fourth-order valence-corrected chi connectivity index (χ4v) is 4.30. The van der Waals surface area contributed by atoms with E-state index in [1.165, 1.54) is 0 Å². The van der Waals surface area contributed by atoms with Crippen molar-refractivity contribution in [1.82, 2.24) is 40.0 Å². The summed E-state index contributed by atoms with van der Waals surface area (Å²) in [6.45, 7) is 0.829. The van der Waals surface area contributed by atoms with Crippen molar-refractivity contribution < 1.29 is 0 Å². The minimum Gasteiger partial charge on any atom is -0.352 e. The largest absolute Gasteiger partial charge is 0.352 e. The van der Waals surface area contributed by atoms with Gasteiger partial charge in [-0.2, -0.15) is 5.10 Å². The van der Waals surface area contributed by atoms with Gasteiger partial charge in [0.15, 0.2) is 5.65 Å². The van der Waals surface area contributed by atoms with Crippen LogP contribution in [-0.2, 0) is 6.54 Å². The van der Waals surface area contributed by atoms with Gasteiger partial charge >= 0.3 is 0 Å². The molecule has 6 aromatic heterocycles. The number of aromatic amines is 2. The molecule has 0 fully saturated rings. The van der Waals surface area contributed by atoms with E-state index in [9.17, 15) is 0 Å². The molecule has 2 N–H and O–H groups in total. The fourth-order valence-electron chi connectivity index (χ4n) is 4.30. The molecule has 8 nitrogen and oxygen atoms in total. The maximum atomic E-state index is 4.60. The number of aromatic nitrogens is 7.